The van der Waals surface area contributed by atoms with Gasteiger partial charge in [0.25, 0.3) is 0 Å². The summed E-state index contributed by atoms with van der Waals surface area (Å²) >= 11 is 0. The maximum absolute atomic E-state index is 11.7. The van der Waals surface area contributed by atoms with Crippen molar-refractivity contribution in [2.75, 3.05) is 39.4 Å². The lowest BCUT2D eigenvalue weighted by atomic mass is 9.99. The Morgan fingerprint density at radius 3 is 2.78 bits per heavy atom. The number of nitrogens with one attached hydrogen (secondary N) is 1. The van der Waals surface area contributed by atoms with Gasteiger partial charge in [-0.25, -0.2) is 0 Å². The lowest BCUT2D eigenvalue weighted by molar-refractivity contribution is -0.130. The van der Waals surface area contributed by atoms with E-state index in [-0.39, 0.29) is 13.3 Å². The van der Waals surface area contributed by atoms with Crippen LogP contribution in [0.1, 0.15) is 41.0 Å². The smallest absolute Gasteiger partial charge is 0.225 e. The average molecular weight is 258 g/mol. The third-order valence-corrected chi connectivity index (χ3v) is 3.34. The molecule has 0 aromatic rings. The minimum atomic E-state index is 0. The second-order valence-electron chi connectivity index (χ2n) is 5.01. The van der Waals surface area contributed by atoms with E-state index in [1.54, 1.807) is 0 Å². The molecule has 18 heavy (non-hydrogen) atoms. The van der Waals surface area contributed by atoms with Crippen molar-refractivity contribution in [3.63, 3.8) is 0 Å². The number of rotatable bonds is 10. The van der Waals surface area contributed by atoms with Crippen LogP contribution in [0, 0.1) is 5.92 Å². The number of carbonyl (C=O) groups excluding carboxylic acids is 1. The van der Waals surface area contributed by atoms with Crippen LogP contribution in [0.4, 0.5) is 0 Å². The number of hydrogen-bond donors (Lipinski definition) is 1. The fraction of sp³-hybridized carbons (Fsp3) is 0.929. The van der Waals surface area contributed by atoms with Crippen LogP contribution >= 0.6 is 0 Å². The normalized spacial score (nSPS) is 16.6. The van der Waals surface area contributed by atoms with Crippen molar-refractivity contribution in [1.82, 2.24) is 10.2 Å². The first-order chi connectivity index (χ1) is 8.77. The quantitative estimate of drug-likeness (QED) is 0.609. The molecule has 108 valence electrons. The van der Waals surface area contributed by atoms with Gasteiger partial charge in [-0.3, -0.25) is 4.79 Å². The van der Waals surface area contributed by atoms with E-state index in [0.29, 0.717) is 0 Å². The molecule has 1 aliphatic heterocycles. The standard InChI is InChI=1S/C14H28N2O2.H2/c1-3-9-16-11-13(12-16)14(17)15-8-6-5-7-10-18-4-2;/h13H,3-12H2,1-2H3,(H,15,17);1H. The lowest BCUT2D eigenvalue weighted by Gasteiger charge is -2.38. The van der Waals surface area contributed by atoms with Crippen LogP contribution in [0.2, 0.25) is 0 Å². The van der Waals surface area contributed by atoms with Crippen molar-refractivity contribution in [1.29, 1.82) is 0 Å². The van der Waals surface area contributed by atoms with E-state index in [1.165, 1.54) is 6.42 Å². The zero-order valence-electron chi connectivity index (χ0n) is 11.9. The second-order valence-corrected chi connectivity index (χ2v) is 5.01. The summed E-state index contributed by atoms with van der Waals surface area (Å²) in [6.45, 7) is 9.67. The Kier molecular flexibility index (Phi) is 8.01. The Morgan fingerprint density at radius 2 is 2.11 bits per heavy atom. The van der Waals surface area contributed by atoms with Gasteiger partial charge in [0.05, 0.1) is 5.92 Å². The van der Waals surface area contributed by atoms with Gasteiger partial charge in [-0.15, -0.1) is 0 Å². The van der Waals surface area contributed by atoms with Crippen molar-refractivity contribution in [3.05, 3.63) is 0 Å². The van der Waals surface area contributed by atoms with E-state index in [1.807, 2.05) is 6.92 Å². The van der Waals surface area contributed by atoms with Crippen LogP contribution in [0.5, 0.6) is 0 Å². The Balaban J connectivity index is 0.00000324. The third kappa shape index (κ3) is 5.83. The van der Waals surface area contributed by atoms with Gasteiger partial charge in [-0.1, -0.05) is 6.92 Å². The molecule has 4 heteroatoms. The van der Waals surface area contributed by atoms with Crippen LogP contribution in [0.25, 0.3) is 0 Å². The van der Waals surface area contributed by atoms with Crippen molar-refractivity contribution in [2.24, 2.45) is 5.92 Å². The predicted molar refractivity (Wildman–Crippen MR) is 75.7 cm³/mol. The molecule has 0 spiro atoms. The van der Waals surface area contributed by atoms with Crippen molar-refractivity contribution < 1.29 is 11.0 Å². The Labute approximate surface area is 113 Å². The minimum absolute atomic E-state index is 0. The van der Waals surface area contributed by atoms with Gasteiger partial charge < -0.3 is 15.0 Å². The summed E-state index contributed by atoms with van der Waals surface area (Å²) in [5.74, 6) is 0.479. The van der Waals surface area contributed by atoms with Gasteiger partial charge in [0.1, 0.15) is 0 Å². The van der Waals surface area contributed by atoms with Crippen molar-refractivity contribution >= 4 is 5.91 Å². The molecule has 1 aliphatic rings. The molecule has 0 radical (unpaired) electrons. The number of carbonyl (C=O) groups is 1. The van der Waals surface area contributed by atoms with E-state index in [0.717, 1.165) is 58.7 Å². The molecule has 1 saturated heterocycles. The van der Waals surface area contributed by atoms with Gasteiger partial charge >= 0.3 is 0 Å². The summed E-state index contributed by atoms with van der Waals surface area (Å²) in [4.78, 5) is 14.1. The zero-order chi connectivity index (χ0) is 13.2. The maximum Gasteiger partial charge on any atom is 0.225 e. The largest absolute Gasteiger partial charge is 0.382 e. The van der Waals surface area contributed by atoms with Crippen LogP contribution < -0.4 is 5.32 Å². The van der Waals surface area contributed by atoms with Gasteiger partial charge in [0.15, 0.2) is 0 Å². The molecule has 0 aromatic heterocycles. The van der Waals surface area contributed by atoms with Crippen LogP contribution in [0.3, 0.4) is 0 Å². The van der Waals surface area contributed by atoms with E-state index >= 15 is 0 Å². The van der Waals surface area contributed by atoms with Crippen molar-refractivity contribution in [2.45, 2.75) is 39.5 Å². The number of amides is 1. The number of unbranched alkanes of at least 4 members (excludes halogenated alkanes) is 2. The van der Waals surface area contributed by atoms with E-state index in [2.05, 4.69) is 17.1 Å². The molecule has 1 amide bonds. The maximum atomic E-state index is 11.7. The number of hydrogen-bond acceptors (Lipinski definition) is 3. The van der Waals surface area contributed by atoms with Crippen LogP contribution in [-0.4, -0.2) is 50.2 Å². The molecule has 0 aromatic carbocycles. The number of nitrogens with zero attached hydrogens (tertiary/aromatic N) is 1. The Hall–Kier alpha value is -0.610. The predicted octanol–water partition coefficient (Wildman–Crippen LogP) is 1.90. The number of ether oxygens (including phenoxy) is 1. The Morgan fingerprint density at radius 1 is 1.33 bits per heavy atom. The second kappa shape index (κ2) is 9.34. The van der Waals surface area contributed by atoms with Gasteiger partial charge in [0.2, 0.25) is 5.91 Å². The van der Waals surface area contributed by atoms with Crippen molar-refractivity contribution in [3.8, 4) is 0 Å². The first kappa shape index (κ1) is 15.4. The average Bonchev–Trinajstić information content (AvgIpc) is 2.32. The summed E-state index contributed by atoms with van der Waals surface area (Å²) in [7, 11) is 0. The van der Waals surface area contributed by atoms with E-state index < -0.39 is 0 Å². The highest BCUT2D eigenvalue weighted by Crippen LogP contribution is 2.15. The summed E-state index contributed by atoms with van der Waals surface area (Å²) in [6.07, 6.45) is 4.46. The third-order valence-electron chi connectivity index (χ3n) is 3.34. The van der Waals surface area contributed by atoms with Gasteiger partial charge in [0, 0.05) is 34.3 Å². The summed E-state index contributed by atoms with van der Waals surface area (Å²) in [6, 6.07) is 0. The minimum Gasteiger partial charge on any atom is -0.382 e. The fourth-order valence-electron chi connectivity index (χ4n) is 2.24. The first-order valence-electron chi connectivity index (χ1n) is 7.35. The first-order valence-corrected chi connectivity index (χ1v) is 7.35. The molecule has 1 N–H and O–H groups in total. The van der Waals surface area contributed by atoms with Gasteiger partial charge in [-0.05, 0) is 39.2 Å². The summed E-state index contributed by atoms with van der Waals surface area (Å²) in [5.41, 5.74) is 0. The molecule has 0 saturated carbocycles. The molecule has 1 fully saturated rings. The SMILES string of the molecule is CCCN1CC(C(=O)NCCCCCOCC)C1.[HH]. The molecular weight excluding hydrogens is 228 g/mol. The van der Waals surface area contributed by atoms with E-state index in [9.17, 15) is 4.79 Å². The molecule has 4 nitrogen and oxygen atoms in total. The molecular formula is C14H30N2O2. The highest BCUT2D eigenvalue weighted by molar-refractivity contribution is 5.79. The monoisotopic (exact) mass is 258 g/mol. The number of likely N-dealkylation sites (tertiary alicyclic amines) is 1. The van der Waals surface area contributed by atoms with Crippen LogP contribution in [0.15, 0.2) is 0 Å². The molecule has 1 rings (SSSR count). The molecule has 1 heterocycles. The fourth-order valence-corrected chi connectivity index (χ4v) is 2.24. The molecule has 0 aliphatic carbocycles. The topological polar surface area (TPSA) is 41.6 Å². The van der Waals surface area contributed by atoms with Crippen LogP contribution in [-0.2, 0) is 9.53 Å². The molecule has 0 atom stereocenters. The van der Waals surface area contributed by atoms with Gasteiger partial charge in [-0.2, -0.15) is 0 Å². The molecule has 0 bridgehead atoms. The summed E-state index contributed by atoms with van der Waals surface area (Å²) < 4.78 is 5.27. The Bertz CT molecular complexity index is 233. The summed E-state index contributed by atoms with van der Waals surface area (Å²) in [5, 5.41) is 3.03. The highest BCUT2D eigenvalue weighted by atomic mass is 16.5. The van der Waals surface area contributed by atoms with E-state index in [4.69, 9.17) is 4.74 Å². The lowest BCUT2D eigenvalue weighted by Crippen LogP contribution is -2.53. The molecule has 0 unspecified atom stereocenters. The zero-order valence-corrected chi connectivity index (χ0v) is 11.9. The highest BCUT2D eigenvalue weighted by Gasteiger charge is 2.31.